The minimum absolute atomic E-state index is 0.350. The quantitative estimate of drug-likeness (QED) is 0.736. The van der Waals surface area contributed by atoms with Gasteiger partial charge in [-0.25, -0.2) is 4.98 Å². The molecule has 0 aliphatic heterocycles. The van der Waals surface area contributed by atoms with Crippen molar-refractivity contribution in [3.05, 3.63) is 11.3 Å². The maximum absolute atomic E-state index is 5.10. The minimum Gasteiger partial charge on any atom is -0.383 e. The van der Waals surface area contributed by atoms with Crippen LogP contribution in [0.1, 0.15) is 11.9 Å². The maximum atomic E-state index is 5.10. The van der Waals surface area contributed by atoms with Crippen molar-refractivity contribution in [3.8, 4) is 0 Å². The van der Waals surface area contributed by atoms with E-state index in [1.54, 1.807) is 13.4 Å². The van der Waals surface area contributed by atoms with Gasteiger partial charge in [0.15, 0.2) is 0 Å². The highest BCUT2D eigenvalue weighted by Crippen LogP contribution is 2.04. The lowest BCUT2D eigenvalue weighted by Crippen LogP contribution is -2.34. The molecule has 1 rings (SSSR count). The van der Waals surface area contributed by atoms with Gasteiger partial charge in [0.2, 0.25) is 0 Å². The van der Waals surface area contributed by atoms with Crippen LogP contribution in [0.5, 0.6) is 0 Å². The van der Waals surface area contributed by atoms with E-state index >= 15 is 0 Å². The molecule has 74 valence electrons. The van der Waals surface area contributed by atoms with Crippen LogP contribution in [-0.2, 0) is 11.2 Å². The Hall–Kier alpha value is -0.520. The fourth-order valence-corrected chi connectivity index (χ4v) is 1.76. The van der Waals surface area contributed by atoms with Crippen LogP contribution in [0.3, 0.4) is 0 Å². The monoisotopic (exact) mass is 201 g/mol. The summed E-state index contributed by atoms with van der Waals surface area (Å²) in [4.78, 5) is 4.13. The van der Waals surface area contributed by atoms with Crippen LogP contribution in [0, 0.1) is 0 Å². The van der Waals surface area contributed by atoms with Gasteiger partial charge in [0.25, 0.3) is 0 Å². The van der Waals surface area contributed by atoms with E-state index < -0.39 is 0 Å². The van der Waals surface area contributed by atoms with Gasteiger partial charge in [-0.05, 0) is 18.1 Å². The smallest absolute Gasteiger partial charge is 0.129 e. The Morgan fingerprint density at radius 2 is 2.54 bits per heavy atom. The first-order valence-corrected chi connectivity index (χ1v) is 5.12. The molecule has 0 saturated heterocycles. The predicted molar refractivity (Wildman–Crippen MR) is 53.0 cm³/mol. The molecule has 0 aliphatic carbocycles. The van der Waals surface area contributed by atoms with Gasteiger partial charge in [-0.2, -0.15) is 4.37 Å². The summed E-state index contributed by atoms with van der Waals surface area (Å²) >= 11 is 1.45. The lowest BCUT2D eigenvalue weighted by Gasteiger charge is -2.14. The van der Waals surface area contributed by atoms with Crippen molar-refractivity contribution in [2.24, 2.45) is 0 Å². The molecule has 1 aromatic rings. The van der Waals surface area contributed by atoms with E-state index in [-0.39, 0.29) is 0 Å². The van der Waals surface area contributed by atoms with Gasteiger partial charge < -0.3 is 10.1 Å². The zero-order chi connectivity index (χ0) is 9.52. The van der Waals surface area contributed by atoms with E-state index in [0.29, 0.717) is 12.6 Å². The third kappa shape index (κ3) is 3.80. The summed E-state index contributed by atoms with van der Waals surface area (Å²) in [5, 5.41) is 4.39. The Balaban J connectivity index is 2.37. The number of methoxy groups -OCH3 is 1. The summed E-state index contributed by atoms with van der Waals surface area (Å²) in [7, 11) is 1.71. The zero-order valence-corrected chi connectivity index (χ0v) is 8.80. The first-order valence-electron chi connectivity index (χ1n) is 4.34. The summed E-state index contributed by atoms with van der Waals surface area (Å²) in [5.41, 5.74) is 0. The van der Waals surface area contributed by atoms with E-state index in [4.69, 9.17) is 4.74 Å². The van der Waals surface area contributed by atoms with E-state index in [1.807, 2.05) is 0 Å². The zero-order valence-electron chi connectivity index (χ0n) is 7.99. The SMILES string of the molecule is CCNC(COC)Cc1ncns1. The first-order chi connectivity index (χ1) is 6.36. The van der Waals surface area contributed by atoms with Gasteiger partial charge >= 0.3 is 0 Å². The summed E-state index contributed by atoms with van der Waals surface area (Å²) < 4.78 is 9.06. The largest absolute Gasteiger partial charge is 0.383 e. The number of nitrogens with zero attached hydrogens (tertiary/aromatic N) is 2. The molecule has 4 nitrogen and oxygen atoms in total. The molecular formula is C8H15N3OS. The first kappa shape index (κ1) is 10.6. The average Bonchev–Trinajstić information content (AvgIpc) is 2.58. The Labute approximate surface area is 82.5 Å². The molecule has 1 unspecified atom stereocenters. The molecule has 5 heteroatoms. The highest BCUT2D eigenvalue weighted by molar-refractivity contribution is 7.05. The Morgan fingerprint density at radius 1 is 1.69 bits per heavy atom. The molecule has 0 radical (unpaired) electrons. The summed E-state index contributed by atoms with van der Waals surface area (Å²) in [6.07, 6.45) is 2.49. The lowest BCUT2D eigenvalue weighted by molar-refractivity contribution is 0.167. The number of likely N-dealkylation sites (N-methyl/N-ethyl adjacent to an activating group) is 1. The Kier molecular flexibility index (Phi) is 4.88. The number of hydrogen-bond acceptors (Lipinski definition) is 5. The third-order valence-electron chi connectivity index (χ3n) is 1.69. The van der Waals surface area contributed by atoms with E-state index in [0.717, 1.165) is 18.0 Å². The number of ether oxygens (including phenoxy) is 1. The van der Waals surface area contributed by atoms with Crippen LogP contribution >= 0.6 is 11.5 Å². The molecule has 1 atom stereocenters. The summed E-state index contributed by atoms with van der Waals surface area (Å²) in [6, 6.07) is 0.350. The van der Waals surface area contributed by atoms with Gasteiger partial charge in [-0.1, -0.05) is 6.92 Å². The van der Waals surface area contributed by atoms with Crippen molar-refractivity contribution in [1.82, 2.24) is 14.7 Å². The van der Waals surface area contributed by atoms with E-state index in [2.05, 4.69) is 21.6 Å². The van der Waals surface area contributed by atoms with Crippen LogP contribution < -0.4 is 5.32 Å². The fraction of sp³-hybridized carbons (Fsp3) is 0.750. The van der Waals surface area contributed by atoms with E-state index in [9.17, 15) is 0 Å². The highest BCUT2D eigenvalue weighted by Gasteiger charge is 2.09. The summed E-state index contributed by atoms with van der Waals surface area (Å²) in [6.45, 7) is 3.75. The molecule has 0 fully saturated rings. The average molecular weight is 201 g/mol. The van der Waals surface area contributed by atoms with Crippen LogP contribution in [0.25, 0.3) is 0 Å². The number of nitrogens with one attached hydrogen (secondary N) is 1. The Morgan fingerprint density at radius 3 is 3.08 bits per heavy atom. The van der Waals surface area contributed by atoms with Crippen molar-refractivity contribution < 1.29 is 4.74 Å². The highest BCUT2D eigenvalue weighted by atomic mass is 32.1. The van der Waals surface area contributed by atoms with Crippen LogP contribution in [0.4, 0.5) is 0 Å². The number of aromatic nitrogens is 2. The van der Waals surface area contributed by atoms with Crippen molar-refractivity contribution in [3.63, 3.8) is 0 Å². The molecule has 1 N–H and O–H groups in total. The van der Waals surface area contributed by atoms with Crippen molar-refractivity contribution in [1.29, 1.82) is 0 Å². The molecule has 0 spiro atoms. The van der Waals surface area contributed by atoms with Gasteiger partial charge in [-0.3, -0.25) is 0 Å². The molecule has 0 amide bonds. The normalized spacial score (nSPS) is 13.1. The van der Waals surface area contributed by atoms with Crippen LogP contribution in [0.15, 0.2) is 6.33 Å². The minimum atomic E-state index is 0.350. The molecule has 0 aliphatic rings. The second kappa shape index (κ2) is 6.01. The molecule has 1 aromatic heterocycles. The third-order valence-corrected chi connectivity index (χ3v) is 2.37. The topological polar surface area (TPSA) is 47.0 Å². The summed E-state index contributed by atoms with van der Waals surface area (Å²) in [5.74, 6) is 0. The maximum Gasteiger partial charge on any atom is 0.129 e. The van der Waals surface area contributed by atoms with Gasteiger partial charge in [0.1, 0.15) is 11.3 Å². The van der Waals surface area contributed by atoms with Crippen LogP contribution in [0.2, 0.25) is 0 Å². The second-order valence-corrected chi connectivity index (χ2v) is 3.61. The fourth-order valence-electron chi connectivity index (χ4n) is 1.18. The van der Waals surface area contributed by atoms with Crippen LogP contribution in [-0.4, -0.2) is 35.7 Å². The van der Waals surface area contributed by atoms with Crippen molar-refractivity contribution >= 4 is 11.5 Å². The second-order valence-electron chi connectivity index (χ2n) is 2.75. The van der Waals surface area contributed by atoms with Gasteiger partial charge in [-0.15, -0.1) is 0 Å². The molecule has 1 heterocycles. The predicted octanol–water partition coefficient (Wildman–Crippen LogP) is 0.705. The molecule has 0 aromatic carbocycles. The van der Waals surface area contributed by atoms with E-state index in [1.165, 1.54) is 11.5 Å². The molecular weight excluding hydrogens is 186 g/mol. The van der Waals surface area contributed by atoms with Crippen molar-refractivity contribution in [2.45, 2.75) is 19.4 Å². The lowest BCUT2D eigenvalue weighted by atomic mass is 10.2. The standard InChI is InChI=1S/C8H15N3OS/c1-3-9-7(5-12-2)4-8-10-6-11-13-8/h6-7,9H,3-5H2,1-2H3. The van der Waals surface area contributed by atoms with Gasteiger partial charge in [0, 0.05) is 19.6 Å². The molecule has 0 saturated carbocycles. The van der Waals surface area contributed by atoms with Crippen molar-refractivity contribution in [2.75, 3.05) is 20.3 Å². The molecule has 13 heavy (non-hydrogen) atoms. The number of hydrogen-bond donors (Lipinski definition) is 1. The molecule has 0 bridgehead atoms. The number of rotatable bonds is 6. The Bertz CT molecular complexity index is 209. The van der Waals surface area contributed by atoms with Gasteiger partial charge in [0.05, 0.1) is 6.61 Å².